The fourth-order valence-electron chi connectivity index (χ4n) is 5.28. The number of likely N-dealkylation sites (tertiary alicyclic amines) is 1. The molecule has 17 heteroatoms. The van der Waals surface area contributed by atoms with Gasteiger partial charge in [-0.15, -0.1) is 5.10 Å². The van der Waals surface area contributed by atoms with Gasteiger partial charge in [0.05, 0.1) is 24.1 Å². The Morgan fingerprint density at radius 2 is 1.27 bits per heavy atom. The molecule has 1 aliphatic heterocycles. The number of ether oxygens (including phenoxy) is 1. The number of benzene rings is 2. The lowest BCUT2D eigenvalue weighted by molar-refractivity contribution is -0.142. The van der Waals surface area contributed by atoms with Crippen LogP contribution in [0.1, 0.15) is 49.6 Å². The summed E-state index contributed by atoms with van der Waals surface area (Å²) in [5.41, 5.74) is 2.21. The van der Waals surface area contributed by atoms with Gasteiger partial charge in [0.1, 0.15) is 17.3 Å². The molecule has 2 aromatic heterocycles. The number of fused-ring (bicyclic) bond motifs is 1. The molecule has 1 saturated heterocycles. The van der Waals surface area contributed by atoms with Crippen LogP contribution in [-0.4, -0.2) is 118 Å². The monoisotopic (exact) mass is 775 g/mol. The Labute approximate surface area is 321 Å². The van der Waals surface area contributed by atoms with E-state index in [-0.39, 0.29) is 12.2 Å². The van der Waals surface area contributed by atoms with E-state index in [2.05, 4.69) is 44.6 Å². The highest BCUT2D eigenvalue weighted by Gasteiger charge is 2.32. The van der Waals surface area contributed by atoms with E-state index in [0.717, 1.165) is 37.1 Å². The van der Waals surface area contributed by atoms with E-state index in [4.69, 9.17) is 25.2 Å². The lowest BCUT2D eigenvalue weighted by Crippen LogP contribution is -2.43. The molecule has 0 amide bonds. The van der Waals surface area contributed by atoms with Gasteiger partial charge >= 0.3 is 29.8 Å². The Bertz CT molecular complexity index is 1870. The Morgan fingerprint density at radius 3 is 1.71 bits per heavy atom. The van der Waals surface area contributed by atoms with Crippen molar-refractivity contribution in [2.75, 3.05) is 31.5 Å². The number of anilines is 1. The maximum absolute atomic E-state index is 11.6. The highest BCUT2D eigenvalue weighted by atomic mass is 16.5. The first-order chi connectivity index (χ1) is 26.5. The minimum absolute atomic E-state index is 0.0969. The van der Waals surface area contributed by atoms with Gasteiger partial charge in [0.15, 0.2) is 5.65 Å². The largest absolute Gasteiger partial charge is 0.481 e. The van der Waals surface area contributed by atoms with E-state index in [0.29, 0.717) is 54.6 Å². The summed E-state index contributed by atoms with van der Waals surface area (Å²) >= 11 is 0. The Hall–Kier alpha value is -6.43. The van der Waals surface area contributed by atoms with Gasteiger partial charge < -0.3 is 45.6 Å². The molecule has 0 spiro atoms. The summed E-state index contributed by atoms with van der Waals surface area (Å²) in [6, 6.07) is 24.3. The standard InChI is InChI=1S/C31H37N5O4.2C4H4O4/c1-31(2,30(38)39)26-21-36-28(33-26)14-13-27(34-36)32-19-24(37)20-35-17-15-25(16-18-35)40-29(22-9-5-3-6-10-22)23-11-7-4-8-12-23;2*5-3(6)1-2-4(7)8/h3-14,21,24-25,29,37H,15-20H2,1-2H3,(H,32,34)(H,38,39);2*1-2H,(H,5,6)(H,7,8). The number of aromatic nitrogens is 3. The molecule has 1 unspecified atom stereocenters. The second-order valence-corrected chi connectivity index (χ2v) is 13.0. The van der Waals surface area contributed by atoms with Gasteiger partial charge in [0.2, 0.25) is 0 Å². The molecule has 298 valence electrons. The number of rotatable bonds is 15. The third-order valence-electron chi connectivity index (χ3n) is 8.29. The van der Waals surface area contributed by atoms with Crippen molar-refractivity contribution in [2.24, 2.45) is 0 Å². The summed E-state index contributed by atoms with van der Waals surface area (Å²) in [5, 5.41) is 59.1. The van der Waals surface area contributed by atoms with Crippen molar-refractivity contribution >= 4 is 41.3 Å². The van der Waals surface area contributed by atoms with Crippen molar-refractivity contribution in [1.82, 2.24) is 19.5 Å². The Kier molecular flexibility index (Phi) is 16.8. The van der Waals surface area contributed by atoms with Crippen LogP contribution in [0.2, 0.25) is 0 Å². The number of aliphatic carboxylic acids is 5. The number of carboxylic acid groups (broad SMARTS) is 5. The highest BCUT2D eigenvalue weighted by molar-refractivity contribution is 5.90. The van der Waals surface area contributed by atoms with Crippen molar-refractivity contribution < 1.29 is 59.3 Å². The van der Waals surface area contributed by atoms with E-state index in [1.807, 2.05) is 36.4 Å². The number of imidazole rings is 1. The second kappa shape index (κ2) is 21.5. The molecule has 2 aromatic carbocycles. The topological polar surface area (TPSA) is 261 Å². The molecule has 0 bridgehead atoms. The molecule has 0 saturated carbocycles. The molecule has 1 aliphatic rings. The van der Waals surface area contributed by atoms with Gasteiger partial charge in [-0.1, -0.05) is 60.7 Å². The highest BCUT2D eigenvalue weighted by Crippen LogP contribution is 2.30. The van der Waals surface area contributed by atoms with Crippen molar-refractivity contribution in [3.8, 4) is 0 Å². The molecule has 1 atom stereocenters. The van der Waals surface area contributed by atoms with Crippen molar-refractivity contribution in [2.45, 2.75) is 50.4 Å². The van der Waals surface area contributed by atoms with E-state index in [1.54, 1.807) is 36.7 Å². The van der Waals surface area contributed by atoms with Crippen molar-refractivity contribution in [3.63, 3.8) is 0 Å². The summed E-state index contributed by atoms with van der Waals surface area (Å²) in [6.45, 7) is 5.86. The minimum atomic E-state index is -1.26. The predicted octanol–water partition coefficient (Wildman–Crippen LogP) is 3.56. The van der Waals surface area contributed by atoms with Crippen LogP contribution in [0.3, 0.4) is 0 Å². The lowest BCUT2D eigenvalue weighted by Gasteiger charge is -2.35. The van der Waals surface area contributed by atoms with Crippen LogP contribution < -0.4 is 5.32 Å². The first-order valence-corrected chi connectivity index (χ1v) is 17.3. The Balaban J connectivity index is 0.000000441. The first kappa shape index (κ1) is 44.0. The fraction of sp³-hybridized carbons (Fsp3) is 0.308. The normalized spacial score (nSPS) is 14.1. The SMILES string of the molecule is CC(C)(C(=O)O)c1cn2nc(NCC(O)CN3CCC(OC(c4ccccc4)c4ccccc4)CC3)ccc2n1.O=C(O)C=CC(=O)O.O=C(O)C=CC(=O)O. The lowest BCUT2D eigenvalue weighted by atomic mass is 9.90. The molecule has 1 fully saturated rings. The van der Waals surface area contributed by atoms with Crippen LogP contribution in [0.5, 0.6) is 0 Å². The summed E-state index contributed by atoms with van der Waals surface area (Å²) < 4.78 is 8.21. The van der Waals surface area contributed by atoms with Crippen LogP contribution in [0.4, 0.5) is 5.82 Å². The quantitative estimate of drug-likeness (QED) is 0.0852. The van der Waals surface area contributed by atoms with E-state index < -0.39 is 41.4 Å². The number of piperidine rings is 1. The van der Waals surface area contributed by atoms with Gasteiger partial charge in [0, 0.05) is 50.5 Å². The molecule has 3 heterocycles. The molecule has 0 aliphatic carbocycles. The third-order valence-corrected chi connectivity index (χ3v) is 8.29. The maximum Gasteiger partial charge on any atom is 0.328 e. The van der Waals surface area contributed by atoms with Crippen LogP contribution in [0.25, 0.3) is 5.65 Å². The van der Waals surface area contributed by atoms with Gasteiger partial charge in [-0.3, -0.25) is 4.79 Å². The molecule has 17 nitrogen and oxygen atoms in total. The predicted molar refractivity (Wildman–Crippen MR) is 202 cm³/mol. The number of nitrogens with zero attached hydrogens (tertiary/aromatic N) is 4. The van der Waals surface area contributed by atoms with Gasteiger partial charge in [-0.05, 0) is 49.9 Å². The number of nitrogens with one attached hydrogen (secondary N) is 1. The zero-order chi connectivity index (χ0) is 41.3. The van der Waals surface area contributed by atoms with Crippen LogP contribution in [-0.2, 0) is 34.1 Å². The molecular formula is C39H45N5O12. The van der Waals surface area contributed by atoms with Gasteiger partial charge in [-0.2, -0.15) is 0 Å². The first-order valence-electron chi connectivity index (χ1n) is 17.3. The zero-order valence-corrected chi connectivity index (χ0v) is 30.7. The second-order valence-electron chi connectivity index (χ2n) is 13.0. The number of hydrogen-bond donors (Lipinski definition) is 7. The van der Waals surface area contributed by atoms with Crippen LogP contribution in [0.15, 0.2) is 103 Å². The van der Waals surface area contributed by atoms with Crippen molar-refractivity contribution in [1.29, 1.82) is 0 Å². The van der Waals surface area contributed by atoms with E-state index in [1.165, 1.54) is 0 Å². The third kappa shape index (κ3) is 14.8. The summed E-state index contributed by atoms with van der Waals surface area (Å²) in [5.74, 6) is -5.39. The molecule has 4 aromatic rings. The van der Waals surface area contributed by atoms with E-state index in [9.17, 15) is 34.2 Å². The average molecular weight is 776 g/mol. The van der Waals surface area contributed by atoms with Crippen LogP contribution in [0, 0.1) is 0 Å². The van der Waals surface area contributed by atoms with Gasteiger partial charge in [-0.25, -0.2) is 28.7 Å². The smallest absolute Gasteiger partial charge is 0.328 e. The summed E-state index contributed by atoms with van der Waals surface area (Å²) in [4.78, 5) is 56.5. The maximum atomic E-state index is 11.6. The molecule has 0 radical (unpaired) electrons. The molecule has 56 heavy (non-hydrogen) atoms. The molecule has 5 rings (SSSR count). The van der Waals surface area contributed by atoms with Crippen molar-refractivity contribution in [3.05, 3.63) is 120 Å². The minimum Gasteiger partial charge on any atom is -0.481 e. The zero-order valence-electron chi connectivity index (χ0n) is 30.7. The summed E-state index contributed by atoms with van der Waals surface area (Å²) in [7, 11) is 0. The average Bonchev–Trinajstić information content (AvgIpc) is 3.61. The Morgan fingerprint density at radius 1 is 0.786 bits per heavy atom. The number of hydrogen-bond acceptors (Lipinski definition) is 11. The van der Waals surface area contributed by atoms with Crippen LogP contribution >= 0.6 is 0 Å². The van der Waals surface area contributed by atoms with E-state index >= 15 is 0 Å². The number of carbonyl (C=O) groups is 5. The van der Waals surface area contributed by atoms with Gasteiger partial charge in [0.25, 0.3) is 0 Å². The molecular weight excluding hydrogens is 730 g/mol. The number of aliphatic hydroxyl groups is 1. The fourth-order valence-corrected chi connectivity index (χ4v) is 5.28. The number of β-amino-alcohol motifs (C(OH)–C–C–N with tert-alkyl or cyclic N) is 1. The number of carboxylic acids is 5. The summed E-state index contributed by atoms with van der Waals surface area (Å²) in [6.07, 6.45) is 5.17. The molecule has 7 N–H and O–H groups in total. The number of aliphatic hydroxyl groups excluding tert-OH is 1.